The van der Waals surface area contributed by atoms with E-state index in [2.05, 4.69) is 31.5 Å². The van der Waals surface area contributed by atoms with Crippen LogP contribution in [-0.2, 0) is 0 Å². The maximum Gasteiger partial charge on any atom is 0.0962 e. The van der Waals surface area contributed by atoms with Gasteiger partial charge in [-0.15, -0.1) is 18.3 Å². The molecule has 0 saturated heterocycles. The van der Waals surface area contributed by atoms with E-state index in [0.717, 1.165) is 11.4 Å². The van der Waals surface area contributed by atoms with E-state index in [9.17, 15) is 0 Å². The summed E-state index contributed by atoms with van der Waals surface area (Å²) in [4.78, 5) is 4.30. The minimum absolute atomic E-state index is 0.586. The van der Waals surface area contributed by atoms with Gasteiger partial charge in [0, 0.05) is 11.4 Å². The Hall–Kier alpha value is -0.760. The lowest BCUT2D eigenvalue weighted by Crippen LogP contribution is -2.09. The van der Waals surface area contributed by atoms with Crippen molar-refractivity contribution >= 4 is 11.8 Å². The molecule has 1 heterocycles. The Balaban J connectivity index is 2.48. The molecule has 0 amide bonds. The van der Waals surface area contributed by atoms with Crippen LogP contribution >= 0.6 is 11.8 Å². The van der Waals surface area contributed by atoms with Crippen molar-refractivity contribution in [3.05, 3.63) is 37.1 Å². The third kappa shape index (κ3) is 3.54. The van der Waals surface area contributed by atoms with Crippen LogP contribution in [-0.4, -0.2) is 10.2 Å². The maximum atomic E-state index is 4.30. The monoisotopic (exact) mass is 207 g/mol. The van der Waals surface area contributed by atoms with Gasteiger partial charge in [-0.3, -0.25) is 0 Å². The molecule has 0 aliphatic heterocycles. The predicted molar refractivity (Wildman–Crippen MR) is 63.5 cm³/mol. The van der Waals surface area contributed by atoms with Gasteiger partial charge in [0.05, 0.1) is 5.03 Å². The van der Waals surface area contributed by atoms with E-state index in [1.165, 1.54) is 0 Å². The average Bonchev–Trinajstić information content (AvgIpc) is 2.19. The second-order valence-electron chi connectivity index (χ2n) is 3.49. The van der Waals surface area contributed by atoms with Crippen LogP contribution in [0.5, 0.6) is 0 Å². The minimum atomic E-state index is 0.586. The summed E-state index contributed by atoms with van der Waals surface area (Å²) in [5.74, 6) is 0.652. The highest BCUT2D eigenvalue weighted by Gasteiger charge is 2.12. The molecule has 0 aliphatic carbocycles. The SMILES string of the molecule is C=CC[C@H](C)C(C)Sc1ccccn1. The standard InChI is InChI=1S/C12H17NS/c1-4-7-10(2)11(3)14-12-8-5-6-9-13-12/h4-6,8-11H,1,7H2,2-3H3/t10-,11?/m0/s1. The van der Waals surface area contributed by atoms with Crippen LogP contribution in [0.25, 0.3) is 0 Å². The summed E-state index contributed by atoms with van der Waals surface area (Å²) in [6.07, 6.45) is 4.90. The summed E-state index contributed by atoms with van der Waals surface area (Å²) in [5, 5.41) is 1.69. The van der Waals surface area contributed by atoms with Gasteiger partial charge in [0.1, 0.15) is 0 Å². The van der Waals surface area contributed by atoms with Gasteiger partial charge in [-0.05, 0) is 24.5 Å². The number of hydrogen-bond acceptors (Lipinski definition) is 2. The third-order valence-corrected chi connectivity index (χ3v) is 3.60. The van der Waals surface area contributed by atoms with E-state index in [1.807, 2.05) is 36.2 Å². The summed E-state index contributed by atoms with van der Waals surface area (Å²) in [6, 6.07) is 6.03. The van der Waals surface area contributed by atoms with Crippen LogP contribution in [0.15, 0.2) is 42.1 Å². The van der Waals surface area contributed by atoms with Gasteiger partial charge in [-0.1, -0.05) is 26.0 Å². The number of allylic oxidation sites excluding steroid dienone is 1. The molecule has 1 aromatic heterocycles. The highest BCUT2D eigenvalue weighted by Crippen LogP contribution is 2.27. The van der Waals surface area contributed by atoms with E-state index >= 15 is 0 Å². The third-order valence-electron chi connectivity index (χ3n) is 2.28. The molecule has 1 rings (SSSR count). The Labute approximate surface area is 90.6 Å². The van der Waals surface area contributed by atoms with Crippen molar-refractivity contribution in [1.82, 2.24) is 4.98 Å². The largest absolute Gasteiger partial charge is 0.250 e. The van der Waals surface area contributed by atoms with Crippen molar-refractivity contribution < 1.29 is 0 Å². The lowest BCUT2D eigenvalue weighted by molar-refractivity contribution is 0.586. The molecular weight excluding hydrogens is 190 g/mol. The van der Waals surface area contributed by atoms with Crippen molar-refractivity contribution in [3.8, 4) is 0 Å². The van der Waals surface area contributed by atoms with Crippen molar-refractivity contribution in [1.29, 1.82) is 0 Å². The molecule has 0 aromatic carbocycles. The van der Waals surface area contributed by atoms with Gasteiger partial charge in [0.15, 0.2) is 0 Å². The number of pyridine rings is 1. The lowest BCUT2D eigenvalue weighted by atomic mass is 10.1. The molecule has 0 radical (unpaired) electrons. The molecule has 1 unspecified atom stereocenters. The Kier molecular flexibility index (Phi) is 4.74. The fraction of sp³-hybridized carbons (Fsp3) is 0.417. The summed E-state index contributed by atoms with van der Waals surface area (Å²) < 4.78 is 0. The molecule has 0 N–H and O–H groups in total. The Morgan fingerprint density at radius 3 is 2.86 bits per heavy atom. The van der Waals surface area contributed by atoms with Crippen molar-refractivity contribution in [3.63, 3.8) is 0 Å². The second kappa shape index (κ2) is 5.86. The molecular formula is C12H17NS. The summed E-state index contributed by atoms with van der Waals surface area (Å²) >= 11 is 1.83. The molecule has 1 nitrogen and oxygen atoms in total. The fourth-order valence-electron chi connectivity index (χ4n) is 1.18. The molecule has 76 valence electrons. The Bertz CT molecular complexity index is 271. The quantitative estimate of drug-likeness (QED) is 0.538. The molecule has 0 bridgehead atoms. The van der Waals surface area contributed by atoms with E-state index < -0.39 is 0 Å². The predicted octanol–water partition coefficient (Wildman–Crippen LogP) is 3.77. The van der Waals surface area contributed by atoms with Gasteiger partial charge in [-0.2, -0.15) is 0 Å². The first kappa shape index (κ1) is 11.3. The number of nitrogens with zero attached hydrogens (tertiary/aromatic N) is 1. The summed E-state index contributed by atoms with van der Waals surface area (Å²) in [7, 11) is 0. The average molecular weight is 207 g/mol. The van der Waals surface area contributed by atoms with E-state index in [4.69, 9.17) is 0 Å². The van der Waals surface area contributed by atoms with Gasteiger partial charge in [0.25, 0.3) is 0 Å². The van der Waals surface area contributed by atoms with Gasteiger partial charge < -0.3 is 0 Å². The van der Waals surface area contributed by atoms with Crippen LogP contribution in [0.1, 0.15) is 20.3 Å². The highest BCUT2D eigenvalue weighted by atomic mass is 32.2. The van der Waals surface area contributed by atoms with E-state index in [1.54, 1.807) is 0 Å². The van der Waals surface area contributed by atoms with Crippen molar-refractivity contribution in [2.45, 2.75) is 30.5 Å². The topological polar surface area (TPSA) is 12.9 Å². The molecule has 0 aliphatic rings. The van der Waals surface area contributed by atoms with Gasteiger partial charge in [0.2, 0.25) is 0 Å². The number of hydrogen-bond donors (Lipinski definition) is 0. The van der Waals surface area contributed by atoms with Crippen LogP contribution in [0, 0.1) is 5.92 Å². The van der Waals surface area contributed by atoms with E-state index in [-0.39, 0.29) is 0 Å². The zero-order chi connectivity index (χ0) is 10.4. The first-order chi connectivity index (χ1) is 6.74. The Morgan fingerprint density at radius 2 is 2.29 bits per heavy atom. The molecule has 2 heteroatoms. The smallest absolute Gasteiger partial charge is 0.0962 e. The van der Waals surface area contributed by atoms with Gasteiger partial charge in [-0.25, -0.2) is 4.98 Å². The maximum absolute atomic E-state index is 4.30. The number of thioether (sulfide) groups is 1. The first-order valence-corrected chi connectivity index (χ1v) is 5.80. The minimum Gasteiger partial charge on any atom is -0.250 e. The second-order valence-corrected chi connectivity index (χ2v) is 4.89. The molecule has 0 saturated carbocycles. The van der Waals surface area contributed by atoms with Crippen LogP contribution in [0.4, 0.5) is 0 Å². The van der Waals surface area contributed by atoms with Crippen molar-refractivity contribution in [2.75, 3.05) is 0 Å². The molecule has 0 fully saturated rings. The fourth-order valence-corrected chi connectivity index (χ4v) is 2.18. The van der Waals surface area contributed by atoms with Crippen LogP contribution in [0.3, 0.4) is 0 Å². The van der Waals surface area contributed by atoms with Crippen LogP contribution in [0.2, 0.25) is 0 Å². The highest BCUT2D eigenvalue weighted by molar-refractivity contribution is 7.99. The summed E-state index contributed by atoms with van der Waals surface area (Å²) in [5.41, 5.74) is 0. The Morgan fingerprint density at radius 1 is 1.50 bits per heavy atom. The number of rotatable bonds is 5. The first-order valence-electron chi connectivity index (χ1n) is 4.92. The molecule has 14 heavy (non-hydrogen) atoms. The van der Waals surface area contributed by atoms with Crippen molar-refractivity contribution in [2.24, 2.45) is 5.92 Å². The van der Waals surface area contributed by atoms with Gasteiger partial charge >= 0.3 is 0 Å². The van der Waals surface area contributed by atoms with E-state index in [0.29, 0.717) is 11.2 Å². The molecule has 0 spiro atoms. The number of aromatic nitrogens is 1. The molecule has 1 aromatic rings. The zero-order valence-electron chi connectivity index (χ0n) is 8.81. The van der Waals surface area contributed by atoms with Crippen LogP contribution < -0.4 is 0 Å². The zero-order valence-corrected chi connectivity index (χ0v) is 9.63. The lowest BCUT2D eigenvalue weighted by Gasteiger charge is -2.17. The molecule has 2 atom stereocenters. The summed E-state index contributed by atoms with van der Waals surface area (Å²) in [6.45, 7) is 8.26. The normalized spacial score (nSPS) is 14.7.